The molecule has 5 heteroatoms. The van der Waals surface area contributed by atoms with Crippen LogP contribution in [0.4, 0.5) is 0 Å². The zero-order chi connectivity index (χ0) is 14.1. The normalized spacial score (nSPS) is 11.1. The van der Waals surface area contributed by atoms with E-state index in [9.17, 15) is 4.79 Å². The lowest BCUT2D eigenvalue weighted by Crippen LogP contribution is -2.09. The van der Waals surface area contributed by atoms with Crippen LogP contribution in [0.25, 0.3) is 11.0 Å². The highest BCUT2D eigenvalue weighted by Crippen LogP contribution is 2.19. The number of aryl methyl sites for hydroxylation is 1. The molecule has 0 unspecified atom stereocenters. The Hall–Kier alpha value is -1.88. The monoisotopic (exact) mass is 332 g/mol. The summed E-state index contributed by atoms with van der Waals surface area (Å²) in [6.07, 6.45) is 0.239. The molecule has 0 atom stereocenters. The van der Waals surface area contributed by atoms with Crippen LogP contribution in [0, 0.1) is 0 Å². The van der Waals surface area contributed by atoms with E-state index in [1.165, 1.54) is 0 Å². The van der Waals surface area contributed by atoms with E-state index in [-0.39, 0.29) is 12.2 Å². The number of nitrogens with zero attached hydrogens (tertiary/aromatic N) is 2. The topological polar surface area (TPSA) is 48.0 Å². The number of Topliss-reactive ketones (excluding diaryl/α,β-unsaturated/α-hetero) is 1. The fraction of sp³-hybridized carbons (Fsp3) is 0.200. The van der Waals surface area contributed by atoms with E-state index in [2.05, 4.69) is 25.5 Å². The lowest BCUT2D eigenvalue weighted by atomic mass is 10.2. The average molecular weight is 333 g/mol. The van der Waals surface area contributed by atoms with E-state index in [1.807, 2.05) is 31.2 Å². The molecule has 0 aliphatic carbocycles. The van der Waals surface area contributed by atoms with Gasteiger partial charge in [0.2, 0.25) is 5.78 Å². The second-order valence-corrected chi connectivity index (χ2v) is 5.25. The number of furan rings is 1. The van der Waals surface area contributed by atoms with Gasteiger partial charge in [-0.1, -0.05) is 12.1 Å². The van der Waals surface area contributed by atoms with Gasteiger partial charge in [-0.2, -0.15) is 0 Å². The van der Waals surface area contributed by atoms with Crippen LogP contribution in [0.1, 0.15) is 23.3 Å². The van der Waals surface area contributed by atoms with Crippen molar-refractivity contribution >= 4 is 32.7 Å². The highest BCUT2D eigenvalue weighted by Gasteiger charge is 2.16. The largest absolute Gasteiger partial charge is 0.446 e. The predicted octanol–water partition coefficient (Wildman–Crippen LogP) is 3.84. The maximum absolute atomic E-state index is 12.2. The lowest BCUT2D eigenvalue weighted by Gasteiger charge is -2.04. The maximum Gasteiger partial charge on any atom is 0.205 e. The molecule has 2 aromatic heterocycles. The van der Waals surface area contributed by atoms with Crippen LogP contribution in [-0.2, 0) is 13.0 Å². The molecule has 0 amide bonds. The highest BCUT2D eigenvalue weighted by molar-refractivity contribution is 9.10. The summed E-state index contributed by atoms with van der Waals surface area (Å²) in [4.78, 5) is 16.7. The zero-order valence-electron chi connectivity index (χ0n) is 11.0. The second-order valence-electron chi connectivity index (χ2n) is 4.46. The van der Waals surface area contributed by atoms with Crippen LogP contribution in [0.15, 0.2) is 45.5 Å². The number of benzene rings is 1. The van der Waals surface area contributed by atoms with Crippen LogP contribution >= 0.6 is 15.9 Å². The van der Waals surface area contributed by atoms with E-state index in [4.69, 9.17) is 4.42 Å². The first-order valence-electron chi connectivity index (χ1n) is 6.41. The molecule has 4 nitrogen and oxygen atoms in total. The molecule has 0 aliphatic rings. The number of hydrogen-bond donors (Lipinski definition) is 0. The van der Waals surface area contributed by atoms with E-state index in [1.54, 1.807) is 12.1 Å². The average Bonchev–Trinajstić information content (AvgIpc) is 3.01. The first-order valence-corrected chi connectivity index (χ1v) is 7.21. The predicted molar refractivity (Wildman–Crippen MR) is 79.8 cm³/mol. The number of rotatable bonds is 4. The van der Waals surface area contributed by atoms with Gasteiger partial charge in [0.25, 0.3) is 0 Å². The van der Waals surface area contributed by atoms with Crippen molar-refractivity contribution in [2.45, 2.75) is 19.9 Å². The van der Waals surface area contributed by atoms with Gasteiger partial charge in [-0.15, -0.1) is 0 Å². The lowest BCUT2D eigenvalue weighted by molar-refractivity contribution is 0.0962. The van der Waals surface area contributed by atoms with Crippen LogP contribution in [0.3, 0.4) is 0 Å². The Labute approximate surface area is 124 Å². The molecular weight excluding hydrogens is 320 g/mol. The fourth-order valence-electron chi connectivity index (χ4n) is 2.31. The SMILES string of the molecule is CCn1c(CC(=O)c2ccc(Br)o2)nc2ccccc21. The summed E-state index contributed by atoms with van der Waals surface area (Å²) >= 11 is 3.20. The Bertz CT molecular complexity index is 773. The molecule has 0 bridgehead atoms. The number of fused-ring (bicyclic) bond motifs is 1. The van der Waals surface area contributed by atoms with Crippen molar-refractivity contribution in [3.63, 3.8) is 0 Å². The molecule has 3 rings (SSSR count). The molecular formula is C15H13BrN2O2. The fourth-order valence-corrected chi connectivity index (χ4v) is 2.61. The Morgan fingerprint density at radius 3 is 2.80 bits per heavy atom. The van der Waals surface area contributed by atoms with Gasteiger partial charge in [0.15, 0.2) is 10.4 Å². The van der Waals surface area contributed by atoms with Crippen LogP contribution in [-0.4, -0.2) is 15.3 Å². The molecule has 2 heterocycles. The number of ketones is 1. The van der Waals surface area contributed by atoms with Gasteiger partial charge < -0.3 is 8.98 Å². The van der Waals surface area contributed by atoms with Crippen molar-refractivity contribution in [3.8, 4) is 0 Å². The number of halogens is 1. The summed E-state index contributed by atoms with van der Waals surface area (Å²) in [5.74, 6) is 1.05. The first-order chi connectivity index (χ1) is 9.69. The molecule has 102 valence electrons. The van der Waals surface area contributed by atoms with Crippen LogP contribution in [0.2, 0.25) is 0 Å². The Morgan fingerprint density at radius 1 is 1.30 bits per heavy atom. The molecule has 0 spiro atoms. The number of hydrogen-bond acceptors (Lipinski definition) is 3. The summed E-state index contributed by atoms with van der Waals surface area (Å²) in [5.41, 5.74) is 1.97. The third kappa shape index (κ3) is 2.29. The molecule has 20 heavy (non-hydrogen) atoms. The second kappa shape index (κ2) is 5.25. The molecule has 0 radical (unpaired) electrons. The highest BCUT2D eigenvalue weighted by atomic mass is 79.9. The van der Waals surface area contributed by atoms with Gasteiger partial charge >= 0.3 is 0 Å². The van der Waals surface area contributed by atoms with Crippen molar-refractivity contribution in [1.82, 2.24) is 9.55 Å². The standard InChI is InChI=1S/C15H13BrN2O2/c1-2-18-11-6-4-3-5-10(11)17-15(18)9-12(19)13-7-8-14(16)20-13/h3-8H,2,9H2,1H3. The van der Waals surface area contributed by atoms with Crippen LogP contribution in [0.5, 0.6) is 0 Å². The van der Waals surface area contributed by atoms with E-state index >= 15 is 0 Å². The third-order valence-electron chi connectivity index (χ3n) is 3.22. The molecule has 3 aromatic rings. The summed E-state index contributed by atoms with van der Waals surface area (Å²) in [6, 6.07) is 11.3. The van der Waals surface area contributed by atoms with Gasteiger partial charge in [-0.3, -0.25) is 4.79 Å². The molecule has 0 aliphatic heterocycles. The van der Waals surface area contributed by atoms with Gasteiger partial charge in [0.05, 0.1) is 17.5 Å². The van der Waals surface area contributed by atoms with E-state index in [0.29, 0.717) is 10.4 Å². The minimum atomic E-state index is -0.0688. The van der Waals surface area contributed by atoms with Crippen molar-refractivity contribution < 1.29 is 9.21 Å². The van der Waals surface area contributed by atoms with Crippen LogP contribution < -0.4 is 0 Å². The number of para-hydroxylation sites is 2. The minimum absolute atomic E-state index is 0.0688. The van der Waals surface area contributed by atoms with Crippen molar-refractivity contribution in [2.75, 3.05) is 0 Å². The molecule has 0 saturated heterocycles. The molecule has 0 saturated carbocycles. The summed E-state index contributed by atoms with van der Waals surface area (Å²) in [5, 5.41) is 0. The smallest absolute Gasteiger partial charge is 0.205 e. The molecule has 0 N–H and O–H groups in total. The quantitative estimate of drug-likeness (QED) is 0.682. The van der Waals surface area contributed by atoms with Gasteiger partial charge in [0.1, 0.15) is 5.82 Å². The number of imidazole rings is 1. The number of carbonyl (C=O) groups is 1. The van der Waals surface area contributed by atoms with Gasteiger partial charge in [0, 0.05) is 6.54 Å². The summed E-state index contributed by atoms with van der Waals surface area (Å²) in [7, 11) is 0. The van der Waals surface area contributed by atoms with Gasteiger partial charge in [-0.25, -0.2) is 4.98 Å². The van der Waals surface area contributed by atoms with Crippen molar-refractivity contribution in [1.29, 1.82) is 0 Å². The van der Waals surface area contributed by atoms with Crippen molar-refractivity contribution in [2.24, 2.45) is 0 Å². The Morgan fingerprint density at radius 2 is 2.10 bits per heavy atom. The molecule has 1 aromatic carbocycles. The summed E-state index contributed by atoms with van der Waals surface area (Å²) in [6.45, 7) is 2.83. The maximum atomic E-state index is 12.2. The first kappa shape index (κ1) is 13.1. The van der Waals surface area contributed by atoms with E-state index < -0.39 is 0 Å². The Balaban J connectivity index is 1.96. The summed E-state index contributed by atoms with van der Waals surface area (Å²) < 4.78 is 7.92. The minimum Gasteiger partial charge on any atom is -0.446 e. The zero-order valence-corrected chi connectivity index (χ0v) is 12.6. The number of carbonyl (C=O) groups excluding carboxylic acids is 1. The molecule has 0 fully saturated rings. The van der Waals surface area contributed by atoms with E-state index in [0.717, 1.165) is 23.4 Å². The Kier molecular flexibility index (Phi) is 3.44. The number of aromatic nitrogens is 2. The van der Waals surface area contributed by atoms with Crippen molar-refractivity contribution in [3.05, 3.63) is 52.7 Å². The van der Waals surface area contributed by atoms with Gasteiger partial charge in [-0.05, 0) is 47.1 Å². The third-order valence-corrected chi connectivity index (χ3v) is 3.64.